The van der Waals surface area contributed by atoms with Crippen molar-refractivity contribution < 1.29 is 4.79 Å². The van der Waals surface area contributed by atoms with Crippen LogP contribution in [-0.4, -0.2) is 34.9 Å². The average Bonchev–Trinajstić information content (AvgIpc) is 2.67. The molecule has 0 spiro atoms. The van der Waals surface area contributed by atoms with Gasteiger partial charge in [-0.05, 0) is 19.8 Å². The lowest BCUT2D eigenvalue weighted by Gasteiger charge is -2.30. The van der Waals surface area contributed by atoms with Crippen LogP contribution in [0.2, 0.25) is 0 Å². The van der Waals surface area contributed by atoms with Gasteiger partial charge in [-0.1, -0.05) is 0 Å². The maximum atomic E-state index is 11.7. The molecular formula is C11H17N3OS. The summed E-state index contributed by atoms with van der Waals surface area (Å²) >= 11 is 1.66. The summed E-state index contributed by atoms with van der Waals surface area (Å²) in [6, 6.07) is -0.285. The lowest BCUT2D eigenvalue weighted by molar-refractivity contribution is -0.134. The zero-order valence-electron chi connectivity index (χ0n) is 9.48. The Bertz CT molecular complexity index is 377. The molecule has 0 radical (unpaired) electrons. The summed E-state index contributed by atoms with van der Waals surface area (Å²) in [4.78, 5) is 18.0. The second kappa shape index (κ2) is 4.93. The first-order chi connectivity index (χ1) is 7.66. The van der Waals surface area contributed by atoms with Gasteiger partial charge in [0.15, 0.2) is 0 Å². The fourth-order valence-corrected chi connectivity index (χ4v) is 2.71. The fourth-order valence-electron chi connectivity index (χ4n) is 1.94. The van der Waals surface area contributed by atoms with Crippen LogP contribution in [0.5, 0.6) is 0 Å². The first-order valence-electron chi connectivity index (χ1n) is 5.62. The highest BCUT2D eigenvalue weighted by atomic mass is 32.1. The number of aromatic nitrogens is 1. The van der Waals surface area contributed by atoms with E-state index in [1.54, 1.807) is 11.3 Å². The monoisotopic (exact) mass is 239 g/mol. The third-order valence-electron chi connectivity index (χ3n) is 2.83. The lowest BCUT2D eigenvalue weighted by atomic mass is 10.1. The van der Waals surface area contributed by atoms with Gasteiger partial charge in [-0.25, -0.2) is 4.98 Å². The molecule has 1 aromatic rings. The SMILES string of the molecule is Cc1csc(CCN2CCCC(N)C2=O)n1. The van der Waals surface area contributed by atoms with E-state index in [-0.39, 0.29) is 11.9 Å². The molecule has 4 nitrogen and oxygen atoms in total. The number of hydrogen-bond acceptors (Lipinski definition) is 4. The normalized spacial score (nSPS) is 21.5. The maximum absolute atomic E-state index is 11.7. The molecule has 1 saturated heterocycles. The molecule has 1 aliphatic heterocycles. The van der Waals surface area contributed by atoms with Crippen LogP contribution >= 0.6 is 11.3 Å². The summed E-state index contributed by atoms with van der Waals surface area (Å²) < 4.78 is 0. The Morgan fingerprint density at radius 1 is 1.69 bits per heavy atom. The van der Waals surface area contributed by atoms with Gasteiger partial charge in [0.1, 0.15) is 0 Å². The number of rotatable bonds is 3. The van der Waals surface area contributed by atoms with Crippen LogP contribution in [0, 0.1) is 6.92 Å². The number of nitrogens with two attached hydrogens (primary N) is 1. The van der Waals surface area contributed by atoms with E-state index < -0.39 is 0 Å². The predicted molar refractivity (Wildman–Crippen MR) is 64.3 cm³/mol. The van der Waals surface area contributed by atoms with Crippen molar-refractivity contribution in [1.82, 2.24) is 9.88 Å². The Balaban J connectivity index is 1.87. The summed E-state index contributed by atoms with van der Waals surface area (Å²) in [5.41, 5.74) is 6.79. The first-order valence-corrected chi connectivity index (χ1v) is 6.50. The quantitative estimate of drug-likeness (QED) is 0.854. The molecule has 1 amide bonds. The molecule has 0 aromatic carbocycles. The smallest absolute Gasteiger partial charge is 0.239 e. The number of piperidine rings is 1. The number of thiazole rings is 1. The maximum Gasteiger partial charge on any atom is 0.239 e. The highest BCUT2D eigenvalue weighted by molar-refractivity contribution is 7.09. The zero-order valence-corrected chi connectivity index (χ0v) is 10.3. The predicted octanol–water partition coefficient (Wildman–Crippen LogP) is 0.944. The highest BCUT2D eigenvalue weighted by Crippen LogP contribution is 2.13. The fraction of sp³-hybridized carbons (Fsp3) is 0.636. The molecule has 1 fully saturated rings. The minimum Gasteiger partial charge on any atom is -0.341 e. The van der Waals surface area contributed by atoms with Crippen molar-refractivity contribution in [2.45, 2.75) is 32.2 Å². The van der Waals surface area contributed by atoms with Gasteiger partial charge >= 0.3 is 0 Å². The van der Waals surface area contributed by atoms with Gasteiger partial charge < -0.3 is 10.6 Å². The molecule has 0 bridgehead atoms. The third kappa shape index (κ3) is 2.59. The van der Waals surface area contributed by atoms with E-state index in [9.17, 15) is 4.79 Å². The minimum absolute atomic E-state index is 0.0968. The Hall–Kier alpha value is -0.940. The molecule has 16 heavy (non-hydrogen) atoms. The van der Waals surface area contributed by atoms with Gasteiger partial charge in [0.25, 0.3) is 0 Å². The van der Waals surface area contributed by atoms with Crippen LogP contribution in [0.15, 0.2) is 5.38 Å². The van der Waals surface area contributed by atoms with Crippen LogP contribution in [0.25, 0.3) is 0 Å². The van der Waals surface area contributed by atoms with E-state index >= 15 is 0 Å². The molecular weight excluding hydrogens is 222 g/mol. The van der Waals surface area contributed by atoms with Crippen LogP contribution < -0.4 is 5.73 Å². The largest absolute Gasteiger partial charge is 0.341 e. The topological polar surface area (TPSA) is 59.2 Å². The number of carbonyl (C=O) groups excluding carboxylic acids is 1. The Labute approximate surface area is 99.5 Å². The Morgan fingerprint density at radius 2 is 2.50 bits per heavy atom. The van der Waals surface area contributed by atoms with Gasteiger partial charge in [0, 0.05) is 30.6 Å². The zero-order chi connectivity index (χ0) is 11.5. The third-order valence-corrected chi connectivity index (χ3v) is 3.86. The van der Waals surface area contributed by atoms with Crippen molar-refractivity contribution in [3.05, 3.63) is 16.1 Å². The van der Waals surface area contributed by atoms with Crippen molar-refractivity contribution in [1.29, 1.82) is 0 Å². The van der Waals surface area contributed by atoms with E-state index in [0.717, 1.165) is 43.1 Å². The lowest BCUT2D eigenvalue weighted by Crippen LogP contribution is -2.48. The van der Waals surface area contributed by atoms with Gasteiger partial charge in [0.05, 0.1) is 11.0 Å². The van der Waals surface area contributed by atoms with Gasteiger partial charge in [-0.3, -0.25) is 4.79 Å². The molecule has 1 aromatic heterocycles. The molecule has 2 N–H and O–H groups in total. The number of aryl methyl sites for hydroxylation is 1. The number of amides is 1. The van der Waals surface area contributed by atoms with Gasteiger partial charge in [0.2, 0.25) is 5.91 Å². The minimum atomic E-state index is -0.285. The van der Waals surface area contributed by atoms with Gasteiger partial charge in [-0.15, -0.1) is 11.3 Å². The van der Waals surface area contributed by atoms with E-state index in [0.29, 0.717) is 0 Å². The number of nitrogens with zero attached hydrogens (tertiary/aromatic N) is 2. The first kappa shape index (κ1) is 11.5. The van der Waals surface area contributed by atoms with Crippen LogP contribution in [0.1, 0.15) is 23.5 Å². The summed E-state index contributed by atoms with van der Waals surface area (Å²) in [6.07, 6.45) is 2.69. The molecule has 2 rings (SSSR count). The molecule has 0 saturated carbocycles. The number of carbonyl (C=O) groups is 1. The number of hydrogen-bond donors (Lipinski definition) is 1. The molecule has 0 aliphatic carbocycles. The van der Waals surface area contributed by atoms with Crippen molar-refractivity contribution in [3.8, 4) is 0 Å². The van der Waals surface area contributed by atoms with Crippen LogP contribution in [0.4, 0.5) is 0 Å². The standard InChI is InChI=1S/C11H17N3OS/c1-8-7-16-10(13-8)4-6-14-5-2-3-9(12)11(14)15/h7,9H,2-6,12H2,1H3. The molecule has 1 atom stereocenters. The second-order valence-electron chi connectivity index (χ2n) is 4.21. The molecule has 1 unspecified atom stereocenters. The average molecular weight is 239 g/mol. The van der Waals surface area contributed by atoms with Crippen molar-refractivity contribution in [2.24, 2.45) is 5.73 Å². The van der Waals surface area contributed by atoms with E-state index in [1.807, 2.05) is 17.2 Å². The summed E-state index contributed by atoms with van der Waals surface area (Å²) in [6.45, 7) is 3.58. The summed E-state index contributed by atoms with van der Waals surface area (Å²) in [5.74, 6) is 0.0968. The summed E-state index contributed by atoms with van der Waals surface area (Å²) in [7, 11) is 0. The van der Waals surface area contributed by atoms with Crippen molar-refractivity contribution >= 4 is 17.2 Å². The van der Waals surface area contributed by atoms with Crippen molar-refractivity contribution in [3.63, 3.8) is 0 Å². The number of likely N-dealkylation sites (tertiary alicyclic amines) is 1. The summed E-state index contributed by atoms with van der Waals surface area (Å²) in [5, 5.41) is 3.14. The van der Waals surface area contributed by atoms with Crippen molar-refractivity contribution in [2.75, 3.05) is 13.1 Å². The van der Waals surface area contributed by atoms with Crippen LogP contribution in [0.3, 0.4) is 0 Å². The highest BCUT2D eigenvalue weighted by Gasteiger charge is 2.25. The molecule has 1 aliphatic rings. The Kier molecular flexibility index (Phi) is 3.56. The second-order valence-corrected chi connectivity index (χ2v) is 5.15. The van der Waals surface area contributed by atoms with Crippen LogP contribution in [-0.2, 0) is 11.2 Å². The van der Waals surface area contributed by atoms with E-state index in [4.69, 9.17) is 5.73 Å². The van der Waals surface area contributed by atoms with Gasteiger partial charge in [-0.2, -0.15) is 0 Å². The molecule has 5 heteroatoms. The van der Waals surface area contributed by atoms with E-state index in [2.05, 4.69) is 4.98 Å². The Morgan fingerprint density at radius 3 is 3.19 bits per heavy atom. The molecule has 2 heterocycles. The van der Waals surface area contributed by atoms with E-state index in [1.165, 1.54) is 0 Å². The molecule has 88 valence electrons.